The predicted octanol–water partition coefficient (Wildman–Crippen LogP) is 4.56. The molecule has 3 amide bonds. The molecule has 0 fully saturated rings. The lowest BCUT2D eigenvalue weighted by atomic mass is 10.1. The van der Waals surface area contributed by atoms with E-state index in [1.807, 2.05) is 0 Å². The highest BCUT2D eigenvalue weighted by atomic mass is 19.1. The van der Waals surface area contributed by atoms with Crippen molar-refractivity contribution in [2.45, 2.75) is 110 Å². The van der Waals surface area contributed by atoms with Gasteiger partial charge in [0.1, 0.15) is 22.8 Å². The van der Waals surface area contributed by atoms with Gasteiger partial charge in [-0.05, 0) is 84.9 Å². The smallest absolute Gasteiger partial charge is 0.410 e. The third kappa shape index (κ3) is 10.0. The van der Waals surface area contributed by atoms with Crippen LogP contribution in [0.1, 0.15) is 108 Å². The molecule has 2 aromatic rings. The number of fused-ring (bicyclic) bond motifs is 1. The fourth-order valence-corrected chi connectivity index (χ4v) is 4.83. The summed E-state index contributed by atoms with van der Waals surface area (Å²) in [4.78, 5) is 69.5. The van der Waals surface area contributed by atoms with E-state index in [9.17, 15) is 33.5 Å². The van der Waals surface area contributed by atoms with Gasteiger partial charge in [0, 0.05) is 38.7 Å². The van der Waals surface area contributed by atoms with Gasteiger partial charge in [-0.3, -0.25) is 23.7 Å². The van der Waals surface area contributed by atoms with E-state index in [-0.39, 0.29) is 43.9 Å². The molecule has 0 radical (unpaired) electrons. The molecule has 1 aliphatic rings. The van der Waals surface area contributed by atoms with E-state index in [4.69, 9.17) is 9.47 Å². The number of nitrogens with one attached hydrogen (secondary N) is 2. The summed E-state index contributed by atoms with van der Waals surface area (Å²) in [5.41, 5.74) is -2.32. The third-order valence-electron chi connectivity index (χ3n) is 6.94. The van der Waals surface area contributed by atoms with Crippen molar-refractivity contribution in [2.75, 3.05) is 12.4 Å². The van der Waals surface area contributed by atoms with Crippen LogP contribution in [-0.4, -0.2) is 61.7 Å². The van der Waals surface area contributed by atoms with Crippen LogP contribution in [0.25, 0.3) is 0 Å². The van der Waals surface area contributed by atoms with Crippen LogP contribution in [-0.2, 0) is 32.2 Å². The van der Waals surface area contributed by atoms with Gasteiger partial charge in [0.2, 0.25) is 11.7 Å². The van der Waals surface area contributed by atoms with E-state index >= 15 is 0 Å². The predicted molar refractivity (Wildman–Crippen MR) is 167 cm³/mol. The Labute approximate surface area is 267 Å². The molecule has 0 bridgehead atoms. The highest BCUT2D eigenvalue weighted by Crippen LogP contribution is 2.29. The minimum absolute atomic E-state index is 0.0302. The number of halogens is 1. The summed E-state index contributed by atoms with van der Waals surface area (Å²) >= 11 is 0. The van der Waals surface area contributed by atoms with Gasteiger partial charge in [-0.15, -0.1) is 0 Å². The minimum Gasteiger partial charge on any atom is -0.501 e. The molecule has 3 rings (SSSR count). The van der Waals surface area contributed by atoms with Crippen LogP contribution in [0.15, 0.2) is 23.0 Å². The number of aromatic nitrogens is 2. The van der Waals surface area contributed by atoms with Crippen LogP contribution in [0, 0.1) is 5.82 Å². The van der Waals surface area contributed by atoms with Crippen LogP contribution < -0.4 is 16.2 Å². The maximum absolute atomic E-state index is 14.1. The van der Waals surface area contributed by atoms with Crippen molar-refractivity contribution >= 4 is 29.6 Å². The van der Waals surface area contributed by atoms with Gasteiger partial charge in [0.15, 0.2) is 5.69 Å². The number of carbonyl (C=O) groups excluding carboxylic acids is 4. The van der Waals surface area contributed by atoms with Gasteiger partial charge in [-0.25, -0.2) is 14.2 Å². The van der Waals surface area contributed by atoms with Gasteiger partial charge in [-0.2, -0.15) is 0 Å². The SMILES string of the molecule is CN(C(=O)OC(C)(C)C)C1CCCCn2c1nc(C(=O)NCc1ccc(F)cc1NC(=O)CCCC(=O)OC(C)(C)C)c(O)c2=O. The van der Waals surface area contributed by atoms with Crippen molar-refractivity contribution < 1.29 is 38.1 Å². The summed E-state index contributed by atoms with van der Waals surface area (Å²) in [6.07, 6.45) is 1.28. The number of rotatable bonds is 9. The summed E-state index contributed by atoms with van der Waals surface area (Å²) in [5.74, 6) is -3.14. The van der Waals surface area contributed by atoms with Crippen molar-refractivity contribution in [3.63, 3.8) is 0 Å². The average Bonchev–Trinajstić information content (AvgIpc) is 3.14. The van der Waals surface area contributed by atoms with Gasteiger partial charge in [0.25, 0.3) is 11.5 Å². The van der Waals surface area contributed by atoms with E-state index < -0.39 is 63.9 Å². The summed E-state index contributed by atoms with van der Waals surface area (Å²) < 4.78 is 26.1. The first-order chi connectivity index (χ1) is 21.4. The molecule has 46 heavy (non-hydrogen) atoms. The second-order valence-corrected chi connectivity index (χ2v) is 13.2. The fourth-order valence-electron chi connectivity index (χ4n) is 4.83. The number of esters is 1. The Balaban J connectivity index is 1.77. The molecule has 13 nitrogen and oxygen atoms in total. The number of amides is 3. The first-order valence-electron chi connectivity index (χ1n) is 15.2. The summed E-state index contributed by atoms with van der Waals surface area (Å²) in [6.45, 7) is 10.4. The molecule has 1 aliphatic heterocycles. The number of benzene rings is 1. The molecular weight excluding hydrogens is 601 g/mol. The number of hydrogen-bond acceptors (Lipinski definition) is 9. The molecule has 252 valence electrons. The van der Waals surface area contributed by atoms with Crippen LogP contribution in [0.3, 0.4) is 0 Å². The maximum Gasteiger partial charge on any atom is 0.410 e. The quantitative estimate of drug-likeness (QED) is 0.331. The largest absolute Gasteiger partial charge is 0.501 e. The second kappa shape index (κ2) is 14.7. The van der Waals surface area contributed by atoms with Crippen LogP contribution in [0.5, 0.6) is 5.75 Å². The highest BCUT2D eigenvalue weighted by molar-refractivity contribution is 5.95. The molecule has 1 aromatic heterocycles. The Bertz CT molecular complexity index is 1530. The van der Waals surface area contributed by atoms with Crippen LogP contribution in [0.2, 0.25) is 0 Å². The number of ether oxygens (including phenoxy) is 2. The second-order valence-electron chi connectivity index (χ2n) is 13.2. The Morgan fingerprint density at radius 3 is 2.39 bits per heavy atom. The first-order valence-corrected chi connectivity index (χ1v) is 15.2. The molecular formula is C32H44FN5O8. The average molecular weight is 646 g/mol. The van der Waals surface area contributed by atoms with Gasteiger partial charge in [0.05, 0.1) is 6.04 Å². The zero-order valence-corrected chi connectivity index (χ0v) is 27.5. The topological polar surface area (TPSA) is 169 Å². The Morgan fingerprint density at radius 1 is 1.07 bits per heavy atom. The Morgan fingerprint density at radius 2 is 1.74 bits per heavy atom. The Kier molecular flexibility index (Phi) is 11.5. The van der Waals surface area contributed by atoms with Gasteiger partial charge in [-0.1, -0.05) is 6.07 Å². The third-order valence-corrected chi connectivity index (χ3v) is 6.94. The number of nitrogens with zero attached hydrogens (tertiary/aromatic N) is 3. The number of aromatic hydroxyl groups is 1. The van der Waals surface area contributed by atoms with Crippen molar-refractivity contribution in [1.29, 1.82) is 0 Å². The monoisotopic (exact) mass is 645 g/mol. The molecule has 3 N–H and O–H groups in total. The molecule has 2 heterocycles. The zero-order valence-electron chi connectivity index (χ0n) is 27.5. The van der Waals surface area contributed by atoms with Gasteiger partial charge < -0.3 is 30.1 Å². The molecule has 0 aliphatic carbocycles. The Hall–Kier alpha value is -4.49. The van der Waals surface area contributed by atoms with E-state index in [1.54, 1.807) is 41.5 Å². The molecule has 0 saturated heterocycles. The number of carbonyl (C=O) groups is 4. The number of anilines is 1. The summed E-state index contributed by atoms with van der Waals surface area (Å²) in [5, 5.41) is 15.9. The lowest BCUT2D eigenvalue weighted by Gasteiger charge is -2.30. The highest BCUT2D eigenvalue weighted by Gasteiger charge is 2.33. The molecule has 1 atom stereocenters. The summed E-state index contributed by atoms with van der Waals surface area (Å²) in [7, 11) is 1.52. The molecule has 1 unspecified atom stereocenters. The molecule has 1 aromatic carbocycles. The van der Waals surface area contributed by atoms with Crippen molar-refractivity contribution in [3.05, 3.63) is 51.5 Å². The minimum atomic E-state index is -0.889. The van der Waals surface area contributed by atoms with Crippen LogP contribution in [0.4, 0.5) is 14.9 Å². The standard InChI is InChI=1S/C32H44FN5O8/c1-31(2,3)45-24(40)13-10-12-23(39)35-21-17-20(33)15-14-19(21)18-34-28(42)25-26(41)29(43)38-16-9-8-11-22(27(38)36-25)37(7)30(44)46-32(4,5)6/h14-15,17,22,41H,8-13,16,18H2,1-7H3,(H,34,42)(H,35,39). The van der Waals surface area contributed by atoms with Crippen LogP contribution >= 0.6 is 0 Å². The maximum atomic E-state index is 14.1. The van der Waals surface area contributed by atoms with Crippen molar-refractivity contribution in [2.24, 2.45) is 0 Å². The normalized spacial score (nSPS) is 14.8. The van der Waals surface area contributed by atoms with Crippen molar-refractivity contribution in [1.82, 2.24) is 19.8 Å². The zero-order chi connectivity index (χ0) is 34.4. The fraction of sp³-hybridized carbons (Fsp3) is 0.562. The van der Waals surface area contributed by atoms with E-state index in [0.717, 1.165) is 12.1 Å². The molecule has 14 heteroatoms. The molecule has 0 saturated carbocycles. The molecule has 0 spiro atoms. The van der Waals surface area contributed by atoms with E-state index in [1.165, 1.54) is 22.6 Å². The lowest BCUT2D eigenvalue weighted by Crippen LogP contribution is -2.39. The van der Waals surface area contributed by atoms with E-state index in [0.29, 0.717) is 24.8 Å². The summed E-state index contributed by atoms with van der Waals surface area (Å²) in [6, 6.07) is 2.92. The van der Waals surface area contributed by atoms with Crippen molar-refractivity contribution in [3.8, 4) is 5.75 Å². The van der Waals surface area contributed by atoms with Gasteiger partial charge >= 0.3 is 12.1 Å². The lowest BCUT2D eigenvalue weighted by molar-refractivity contribution is -0.154. The van der Waals surface area contributed by atoms with E-state index in [2.05, 4.69) is 15.6 Å². The first kappa shape index (κ1) is 36.0. The number of hydrogen-bond donors (Lipinski definition) is 3.